The fourth-order valence-electron chi connectivity index (χ4n) is 1.41. The predicted molar refractivity (Wildman–Crippen MR) is 67.0 cm³/mol. The molecule has 0 aliphatic heterocycles. The third kappa shape index (κ3) is 2.90. The Balaban J connectivity index is 1.90. The molecule has 0 fully saturated rings. The van der Waals surface area contributed by atoms with Crippen molar-refractivity contribution in [1.29, 1.82) is 5.26 Å². The van der Waals surface area contributed by atoms with E-state index in [1.54, 1.807) is 24.3 Å². The molecule has 0 bridgehead atoms. The van der Waals surface area contributed by atoms with Gasteiger partial charge in [-0.1, -0.05) is 11.3 Å². The topological polar surface area (TPSA) is 86.1 Å². The first-order valence-corrected chi connectivity index (χ1v) is 6.04. The number of hydrogen-bond acceptors (Lipinski definition) is 5. The fourth-order valence-corrected chi connectivity index (χ4v) is 2.11. The Morgan fingerprint density at radius 1 is 1.39 bits per heavy atom. The van der Waals surface area contributed by atoms with Gasteiger partial charge in [0.15, 0.2) is 0 Å². The van der Waals surface area contributed by atoms with E-state index in [1.165, 1.54) is 0 Å². The summed E-state index contributed by atoms with van der Waals surface area (Å²) in [6.07, 6.45) is 0.454. The summed E-state index contributed by atoms with van der Waals surface area (Å²) in [5.41, 5.74) is 0.573. The fraction of sp³-hybridized carbons (Fsp3) is 0.167. The van der Waals surface area contributed by atoms with Gasteiger partial charge in [-0.25, -0.2) is 0 Å². The average molecular weight is 262 g/mol. The largest absolute Gasteiger partial charge is 0.494 e. The maximum absolute atomic E-state index is 10.9. The molecule has 0 amide bonds. The van der Waals surface area contributed by atoms with Gasteiger partial charge in [-0.3, -0.25) is 9.78 Å². The quantitative estimate of drug-likeness (QED) is 0.877. The van der Waals surface area contributed by atoms with Crippen LogP contribution in [0.2, 0.25) is 0 Å². The van der Waals surface area contributed by atoms with E-state index in [0.29, 0.717) is 29.2 Å². The molecular weight excluding hydrogens is 252 g/mol. The molecule has 0 atom stereocenters. The highest BCUT2D eigenvalue weighted by atomic mass is 32.1. The molecule has 2 rings (SSSR count). The zero-order valence-electron chi connectivity index (χ0n) is 9.34. The minimum Gasteiger partial charge on any atom is -0.494 e. The number of thiazole rings is 1. The molecule has 0 aliphatic rings. The lowest BCUT2D eigenvalue weighted by Crippen LogP contribution is -2.00. The zero-order chi connectivity index (χ0) is 13.0. The lowest BCUT2D eigenvalue weighted by Gasteiger charge is -2.04. The summed E-state index contributed by atoms with van der Waals surface area (Å²) in [5, 5.41) is 18.0. The van der Waals surface area contributed by atoms with Crippen LogP contribution in [0.4, 0.5) is 0 Å². The van der Waals surface area contributed by atoms with Crippen LogP contribution in [0.1, 0.15) is 10.4 Å². The van der Waals surface area contributed by atoms with Crippen molar-refractivity contribution in [2.24, 2.45) is 0 Å². The number of hydrogen-bond donors (Lipinski definition) is 2. The molecular formula is C12H10N2O3S. The Bertz CT molecular complexity index is 622. The first-order chi connectivity index (χ1) is 8.69. The van der Waals surface area contributed by atoms with E-state index in [0.717, 1.165) is 11.3 Å². The molecule has 0 spiro atoms. The third-order valence-corrected chi connectivity index (χ3v) is 3.21. The molecule has 0 saturated heterocycles. The summed E-state index contributed by atoms with van der Waals surface area (Å²) in [7, 11) is 0. The molecule has 18 heavy (non-hydrogen) atoms. The van der Waals surface area contributed by atoms with Gasteiger partial charge in [0.2, 0.25) is 5.88 Å². The Morgan fingerprint density at radius 2 is 2.11 bits per heavy atom. The summed E-state index contributed by atoms with van der Waals surface area (Å²) in [4.78, 5) is 13.5. The molecule has 5 nitrogen and oxygen atoms in total. The number of nitriles is 1. The van der Waals surface area contributed by atoms with Gasteiger partial charge in [-0.15, -0.1) is 0 Å². The van der Waals surface area contributed by atoms with Crippen molar-refractivity contribution in [3.63, 3.8) is 0 Å². The van der Waals surface area contributed by atoms with Crippen LogP contribution >= 0.6 is 11.3 Å². The van der Waals surface area contributed by atoms with Crippen LogP contribution < -0.4 is 9.61 Å². The van der Waals surface area contributed by atoms with Gasteiger partial charge in [0.05, 0.1) is 23.1 Å². The van der Waals surface area contributed by atoms with Gasteiger partial charge in [-0.05, 0) is 24.3 Å². The van der Waals surface area contributed by atoms with E-state index >= 15 is 0 Å². The van der Waals surface area contributed by atoms with Crippen LogP contribution in [0.3, 0.4) is 0 Å². The van der Waals surface area contributed by atoms with Gasteiger partial charge >= 0.3 is 4.87 Å². The number of rotatable bonds is 4. The van der Waals surface area contributed by atoms with E-state index in [4.69, 9.17) is 10.00 Å². The lowest BCUT2D eigenvalue weighted by molar-refractivity contribution is 0.320. The molecule has 1 heterocycles. The second-order valence-electron chi connectivity index (χ2n) is 3.52. The van der Waals surface area contributed by atoms with Crippen molar-refractivity contribution in [2.75, 3.05) is 6.61 Å². The summed E-state index contributed by atoms with van der Waals surface area (Å²) < 4.78 is 5.44. The van der Waals surface area contributed by atoms with Crippen molar-refractivity contribution in [2.45, 2.75) is 6.42 Å². The van der Waals surface area contributed by atoms with Crippen molar-refractivity contribution < 1.29 is 9.84 Å². The molecule has 1 aromatic carbocycles. The Morgan fingerprint density at radius 3 is 2.67 bits per heavy atom. The number of aromatic amines is 1. The number of aromatic hydroxyl groups is 1. The summed E-state index contributed by atoms with van der Waals surface area (Å²) in [5.74, 6) is 0.560. The standard InChI is InChI=1S/C12H10N2O3S/c13-7-8-1-3-9(4-2-8)17-6-5-10-11(15)14-12(16)18-10/h1-4,15H,5-6H2,(H,14,16). The minimum absolute atomic E-state index is 0.0894. The molecule has 0 radical (unpaired) electrons. The first kappa shape index (κ1) is 12.2. The van der Waals surface area contributed by atoms with Crippen molar-refractivity contribution in [3.8, 4) is 17.7 Å². The summed E-state index contributed by atoms with van der Waals surface area (Å²) in [6, 6.07) is 8.77. The third-order valence-electron chi connectivity index (χ3n) is 2.28. The van der Waals surface area contributed by atoms with E-state index in [2.05, 4.69) is 4.98 Å². The molecule has 0 saturated carbocycles. The number of ether oxygens (including phenoxy) is 1. The van der Waals surface area contributed by atoms with Crippen LogP contribution in [-0.2, 0) is 6.42 Å². The average Bonchev–Trinajstić information content (AvgIpc) is 2.69. The first-order valence-electron chi connectivity index (χ1n) is 5.23. The van der Waals surface area contributed by atoms with Crippen molar-refractivity contribution >= 4 is 11.3 Å². The minimum atomic E-state index is -0.277. The maximum atomic E-state index is 10.9. The van der Waals surface area contributed by atoms with Crippen LogP contribution in [0.25, 0.3) is 0 Å². The number of benzene rings is 1. The highest BCUT2D eigenvalue weighted by Gasteiger charge is 2.06. The van der Waals surface area contributed by atoms with Gasteiger partial charge in [0.1, 0.15) is 5.75 Å². The van der Waals surface area contributed by atoms with Crippen molar-refractivity contribution in [3.05, 3.63) is 44.4 Å². The van der Waals surface area contributed by atoms with Gasteiger partial charge in [0.25, 0.3) is 0 Å². The normalized spacial score (nSPS) is 9.94. The Labute approximate surface area is 107 Å². The predicted octanol–water partition coefficient (Wildman–Crippen LogP) is 1.64. The molecule has 2 aromatic rings. The van der Waals surface area contributed by atoms with Gasteiger partial charge in [0, 0.05) is 6.42 Å². The molecule has 6 heteroatoms. The lowest BCUT2D eigenvalue weighted by atomic mass is 10.2. The highest BCUT2D eigenvalue weighted by molar-refractivity contribution is 7.09. The second-order valence-corrected chi connectivity index (χ2v) is 4.59. The maximum Gasteiger partial charge on any atom is 0.307 e. The van der Waals surface area contributed by atoms with E-state index in [1.807, 2.05) is 6.07 Å². The van der Waals surface area contributed by atoms with E-state index in [-0.39, 0.29) is 10.8 Å². The van der Waals surface area contributed by atoms with Crippen molar-refractivity contribution in [1.82, 2.24) is 4.98 Å². The van der Waals surface area contributed by atoms with Crippen LogP contribution in [0, 0.1) is 11.3 Å². The SMILES string of the molecule is N#Cc1ccc(OCCc2sc(=O)[nH]c2O)cc1. The van der Waals surface area contributed by atoms with Crippen LogP contribution in [0.5, 0.6) is 11.6 Å². The monoisotopic (exact) mass is 262 g/mol. The molecule has 2 N–H and O–H groups in total. The highest BCUT2D eigenvalue weighted by Crippen LogP contribution is 2.17. The molecule has 0 unspecified atom stereocenters. The number of nitrogens with zero attached hydrogens (tertiary/aromatic N) is 1. The summed E-state index contributed by atoms with van der Waals surface area (Å²) >= 11 is 0.971. The molecule has 1 aromatic heterocycles. The van der Waals surface area contributed by atoms with Gasteiger partial charge < -0.3 is 9.84 Å². The Kier molecular flexibility index (Phi) is 3.65. The number of aromatic nitrogens is 1. The number of H-pyrrole nitrogens is 1. The van der Waals surface area contributed by atoms with E-state index < -0.39 is 0 Å². The Hall–Kier alpha value is -2.26. The second kappa shape index (κ2) is 5.38. The molecule has 0 aliphatic carbocycles. The zero-order valence-corrected chi connectivity index (χ0v) is 10.2. The summed E-state index contributed by atoms with van der Waals surface area (Å²) in [6.45, 7) is 0.354. The smallest absolute Gasteiger partial charge is 0.307 e. The molecule has 92 valence electrons. The number of nitrogens with one attached hydrogen (secondary N) is 1. The van der Waals surface area contributed by atoms with Crippen LogP contribution in [-0.4, -0.2) is 16.7 Å². The van der Waals surface area contributed by atoms with E-state index in [9.17, 15) is 9.90 Å². The van der Waals surface area contributed by atoms with Gasteiger partial charge in [-0.2, -0.15) is 5.26 Å². The van der Waals surface area contributed by atoms with Crippen LogP contribution in [0.15, 0.2) is 29.1 Å².